The Morgan fingerprint density at radius 1 is 1.05 bits per heavy atom. The Labute approximate surface area is 221 Å². The first-order valence-corrected chi connectivity index (χ1v) is 14.0. The summed E-state index contributed by atoms with van der Waals surface area (Å²) < 4.78 is 74.0. The van der Waals surface area contributed by atoms with Gasteiger partial charge in [0.25, 0.3) is 0 Å². The minimum Gasteiger partial charge on any atom is -0.376 e. The Kier molecular flexibility index (Phi) is 8.18. The number of ether oxygens (including phenoxy) is 1. The van der Waals surface area contributed by atoms with Gasteiger partial charge in [-0.15, -0.1) is 12.6 Å². The molecular weight excluding hydrogens is 527 g/mol. The SMILES string of the molecule is C[C@@H]1CN(C[C@H]2CN(S(=O)(=O)c3ccccc3S)CCN2c2ccc([C@](C)(O)C(F)(F)F)cc2)CCO1. The molecule has 2 fully saturated rings. The van der Waals surface area contributed by atoms with Crippen molar-refractivity contribution < 1.29 is 31.4 Å². The highest BCUT2D eigenvalue weighted by Crippen LogP contribution is 2.39. The van der Waals surface area contributed by atoms with E-state index in [1.807, 2.05) is 11.8 Å². The maximum atomic E-state index is 13.5. The first-order chi connectivity index (χ1) is 17.3. The van der Waals surface area contributed by atoms with Gasteiger partial charge in [-0.25, -0.2) is 8.42 Å². The van der Waals surface area contributed by atoms with Crippen molar-refractivity contribution in [1.82, 2.24) is 9.21 Å². The molecule has 0 spiro atoms. The van der Waals surface area contributed by atoms with Gasteiger partial charge in [-0.3, -0.25) is 4.90 Å². The molecule has 4 rings (SSSR count). The van der Waals surface area contributed by atoms with Gasteiger partial charge in [-0.2, -0.15) is 17.5 Å². The summed E-state index contributed by atoms with van der Waals surface area (Å²) >= 11 is 4.34. The van der Waals surface area contributed by atoms with Crippen LogP contribution in [0.5, 0.6) is 0 Å². The Morgan fingerprint density at radius 3 is 2.35 bits per heavy atom. The number of thiol groups is 1. The number of halogens is 3. The van der Waals surface area contributed by atoms with Gasteiger partial charge in [0, 0.05) is 49.9 Å². The van der Waals surface area contributed by atoms with Crippen molar-refractivity contribution in [1.29, 1.82) is 0 Å². The molecule has 0 aliphatic carbocycles. The van der Waals surface area contributed by atoms with Crippen molar-refractivity contribution >= 4 is 28.3 Å². The van der Waals surface area contributed by atoms with Crippen molar-refractivity contribution in [3.63, 3.8) is 0 Å². The van der Waals surface area contributed by atoms with E-state index in [4.69, 9.17) is 4.74 Å². The van der Waals surface area contributed by atoms with Gasteiger partial charge in [0.15, 0.2) is 5.60 Å². The fourth-order valence-corrected chi connectivity index (χ4v) is 6.91. The molecule has 2 heterocycles. The van der Waals surface area contributed by atoms with E-state index in [-0.39, 0.29) is 35.7 Å². The van der Waals surface area contributed by atoms with E-state index in [0.29, 0.717) is 43.4 Å². The molecule has 0 radical (unpaired) electrons. The highest BCUT2D eigenvalue weighted by molar-refractivity contribution is 7.90. The van der Waals surface area contributed by atoms with E-state index in [0.717, 1.165) is 6.92 Å². The van der Waals surface area contributed by atoms with Crippen molar-refractivity contribution in [2.45, 2.75) is 47.6 Å². The van der Waals surface area contributed by atoms with Crippen LogP contribution in [0.3, 0.4) is 0 Å². The molecule has 204 valence electrons. The molecule has 2 saturated heterocycles. The molecule has 2 aromatic rings. The molecule has 0 saturated carbocycles. The normalized spacial score (nSPS) is 24.1. The van der Waals surface area contributed by atoms with Crippen molar-refractivity contribution in [2.75, 3.05) is 50.8 Å². The van der Waals surface area contributed by atoms with E-state index in [9.17, 15) is 26.7 Å². The molecule has 0 aromatic heterocycles. The average molecular weight is 560 g/mol. The summed E-state index contributed by atoms with van der Waals surface area (Å²) in [6, 6.07) is 12.0. The van der Waals surface area contributed by atoms with Gasteiger partial charge in [-0.1, -0.05) is 24.3 Å². The van der Waals surface area contributed by atoms with E-state index in [1.54, 1.807) is 30.3 Å². The third-order valence-corrected chi connectivity index (χ3v) is 9.50. The molecular formula is C25H32F3N3O4S2. The van der Waals surface area contributed by atoms with E-state index in [1.165, 1.54) is 22.5 Å². The lowest BCUT2D eigenvalue weighted by Crippen LogP contribution is -2.59. The topological polar surface area (TPSA) is 73.3 Å². The van der Waals surface area contributed by atoms with Gasteiger partial charge in [0.2, 0.25) is 10.0 Å². The number of hydrogen-bond donors (Lipinski definition) is 2. The first-order valence-electron chi connectivity index (χ1n) is 12.1. The molecule has 37 heavy (non-hydrogen) atoms. The quantitative estimate of drug-likeness (QED) is 0.529. The lowest BCUT2D eigenvalue weighted by Gasteiger charge is -2.45. The van der Waals surface area contributed by atoms with Crippen LogP contribution in [0.15, 0.2) is 58.3 Å². The van der Waals surface area contributed by atoms with E-state index < -0.39 is 21.8 Å². The molecule has 3 atom stereocenters. The summed E-state index contributed by atoms with van der Waals surface area (Å²) in [4.78, 5) is 4.77. The van der Waals surface area contributed by atoms with E-state index >= 15 is 0 Å². The summed E-state index contributed by atoms with van der Waals surface area (Å²) in [5.41, 5.74) is -2.56. The fourth-order valence-electron chi connectivity index (χ4n) is 4.85. The fraction of sp³-hybridized carbons (Fsp3) is 0.520. The maximum Gasteiger partial charge on any atom is 0.421 e. The number of rotatable bonds is 6. The summed E-state index contributed by atoms with van der Waals surface area (Å²) in [7, 11) is -3.80. The highest BCUT2D eigenvalue weighted by atomic mass is 32.2. The number of hydrogen-bond acceptors (Lipinski definition) is 7. The molecule has 2 aliphatic rings. The van der Waals surface area contributed by atoms with Crippen LogP contribution in [0.2, 0.25) is 0 Å². The number of nitrogens with zero attached hydrogens (tertiary/aromatic N) is 3. The number of sulfonamides is 1. The van der Waals surface area contributed by atoms with Gasteiger partial charge in [0.1, 0.15) is 0 Å². The molecule has 1 N–H and O–H groups in total. The molecule has 2 aliphatic heterocycles. The molecule has 0 bridgehead atoms. The van der Waals surface area contributed by atoms with Crippen LogP contribution in [-0.2, 0) is 20.4 Å². The average Bonchev–Trinajstić information content (AvgIpc) is 2.83. The van der Waals surface area contributed by atoms with Crippen LogP contribution in [0.1, 0.15) is 19.4 Å². The Morgan fingerprint density at radius 2 is 1.73 bits per heavy atom. The summed E-state index contributed by atoms with van der Waals surface area (Å²) in [5.74, 6) is 0. The zero-order valence-electron chi connectivity index (χ0n) is 20.7. The van der Waals surface area contributed by atoms with Crippen molar-refractivity contribution in [3.05, 3.63) is 54.1 Å². The zero-order valence-corrected chi connectivity index (χ0v) is 22.4. The van der Waals surface area contributed by atoms with Gasteiger partial charge >= 0.3 is 6.18 Å². The Balaban J connectivity index is 1.61. The van der Waals surface area contributed by atoms with Crippen LogP contribution in [-0.4, -0.2) is 86.9 Å². The number of anilines is 1. The second-order valence-corrected chi connectivity index (χ2v) is 12.1. The minimum absolute atomic E-state index is 0.0468. The predicted molar refractivity (Wildman–Crippen MR) is 138 cm³/mol. The molecule has 0 amide bonds. The smallest absolute Gasteiger partial charge is 0.376 e. The van der Waals surface area contributed by atoms with Crippen LogP contribution >= 0.6 is 12.6 Å². The number of piperazine rings is 1. The molecule has 2 aromatic carbocycles. The third-order valence-electron chi connectivity index (χ3n) is 7.04. The second-order valence-electron chi connectivity index (χ2n) is 9.74. The van der Waals surface area contributed by atoms with Gasteiger partial charge < -0.3 is 14.7 Å². The summed E-state index contributed by atoms with van der Waals surface area (Å²) in [6.07, 6.45) is -4.77. The molecule has 0 unspecified atom stereocenters. The zero-order chi connectivity index (χ0) is 27.0. The largest absolute Gasteiger partial charge is 0.421 e. The Hall–Kier alpha value is -1.83. The minimum atomic E-state index is -4.81. The van der Waals surface area contributed by atoms with Crippen LogP contribution in [0.25, 0.3) is 0 Å². The maximum absolute atomic E-state index is 13.5. The standard InChI is InChI=1S/C25H32F3N3O4S2/c1-18-15-29(13-14-35-18)16-21-17-30(37(33,34)23-6-4-3-5-22(23)36)11-12-31(21)20-9-7-19(8-10-20)24(2,32)25(26,27)28/h3-10,18,21,32,36H,11-17H2,1-2H3/t18-,21+,24+/m1/s1. The second kappa shape index (κ2) is 10.7. The number of alkyl halides is 3. The lowest BCUT2D eigenvalue weighted by atomic mass is 9.95. The van der Waals surface area contributed by atoms with Crippen molar-refractivity contribution in [2.24, 2.45) is 0 Å². The molecule has 7 nitrogen and oxygen atoms in total. The lowest BCUT2D eigenvalue weighted by molar-refractivity contribution is -0.258. The number of aliphatic hydroxyl groups is 1. The summed E-state index contributed by atoms with van der Waals surface area (Å²) in [6.45, 7) is 6.02. The third kappa shape index (κ3) is 5.94. The Bertz CT molecular complexity index is 1190. The first kappa shape index (κ1) is 28.2. The highest BCUT2D eigenvalue weighted by Gasteiger charge is 2.51. The predicted octanol–water partition coefficient (Wildman–Crippen LogP) is 3.35. The monoisotopic (exact) mass is 559 g/mol. The van der Waals surface area contributed by atoms with Gasteiger partial charge in [0.05, 0.1) is 23.6 Å². The van der Waals surface area contributed by atoms with E-state index in [2.05, 4.69) is 17.5 Å². The van der Waals surface area contributed by atoms with Crippen LogP contribution in [0.4, 0.5) is 18.9 Å². The van der Waals surface area contributed by atoms with Crippen LogP contribution in [0, 0.1) is 0 Å². The number of benzene rings is 2. The van der Waals surface area contributed by atoms with Crippen molar-refractivity contribution in [3.8, 4) is 0 Å². The molecule has 12 heteroatoms. The number of morpholine rings is 1. The van der Waals surface area contributed by atoms with Gasteiger partial charge in [-0.05, 0) is 43.7 Å². The van der Waals surface area contributed by atoms with Crippen LogP contribution < -0.4 is 4.90 Å². The summed E-state index contributed by atoms with van der Waals surface area (Å²) in [5, 5.41) is 10.0.